The van der Waals surface area contributed by atoms with Crippen molar-refractivity contribution in [2.75, 3.05) is 40.0 Å². The van der Waals surface area contributed by atoms with Gasteiger partial charge in [-0.2, -0.15) is 0 Å². The summed E-state index contributed by atoms with van der Waals surface area (Å²) < 4.78 is 11.9. The number of nitrogens with two attached hydrogens (primary N) is 1. The van der Waals surface area contributed by atoms with E-state index in [4.69, 9.17) is 15.2 Å². The van der Waals surface area contributed by atoms with Gasteiger partial charge in [0, 0.05) is 37.7 Å². The van der Waals surface area contributed by atoms with Gasteiger partial charge in [-0.3, -0.25) is 28.8 Å². The molecular formula is C44H60N8O9. The van der Waals surface area contributed by atoms with Crippen molar-refractivity contribution in [3.8, 4) is 0 Å². The fourth-order valence-corrected chi connectivity index (χ4v) is 9.08. The largest absolute Gasteiger partial charge is 0.384 e. The first kappa shape index (κ1) is 45.3. The van der Waals surface area contributed by atoms with Crippen molar-refractivity contribution < 1.29 is 43.3 Å². The van der Waals surface area contributed by atoms with Gasteiger partial charge in [0.05, 0.1) is 37.8 Å². The molecule has 3 atom stereocenters. The van der Waals surface area contributed by atoms with Crippen LogP contribution < -0.4 is 21.7 Å². The van der Waals surface area contributed by atoms with Crippen LogP contribution in [0.15, 0.2) is 42.6 Å². The molecule has 3 aliphatic rings. The van der Waals surface area contributed by atoms with Gasteiger partial charge < -0.3 is 41.2 Å². The standard InChI is InChI=1S/C44H60N8O9/c1-43(2,59)36-26-47-50-52(36)33-25-35(41(57)49-44(37(53)38(45)54)16-8-5-9-17-44)51(27-33)42(58)34(22-28-10-6-4-7-11-28)48-40(56)32-15-13-29-23-31(14-12-30(29)24-32)39(55)46-18-19-61-21-20-60-3/h12-15,23-24,26,28,33-35,59H,4-11,16-22,25,27H2,1-3H3,(H2,45,54)(H,46,55)(H,48,56)(H,49,57)/t33-,34+,35-/m0/s1. The van der Waals surface area contributed by atoms with E-state index in [2.05, 4.69) is 26.3 Å². The van der Waals surface area contributed by atoms with Gasteiger partial charge in [0.1, 0.15) is 23.2 Å². The summed E-state index contributed by atoms with van der Waals surface area (Å²) in [7, 11) is 1.59. The summed E-state index contributed by atoms with van der Waals surface area (Å²) in [6, 6.07) is 7.59. The molecule has 6 N–H and O–H groups in total. The molecule has 2 aliphatic carbocycles. The first-order chi connectivity index (χ1) is 29.2. The van der Waals surface area contributed by atoms with Crippen LogP contribution in [-0.2, 0) is 34.3 Å². The molecular weight excluding hydrogens is 785 g/mol. The van der Waals surface area contributed by atoms with Crippen LogP contribution in [0.2, 0.25) is 0 Å². The molecule has 1 aliphatic heterocycles. The molecule has 0 unspecified atom stereocenters. The van der Waals surface area contributed by atoms with Crippen molar-refractivity contribution >= 4 is 46.1 Å². The van der Waals surface area contributed by atoms with Crippen molar-refractivity contribution in [1.29, 1.82) is 0 Å². The topological polar surface area (TPSA) is 237 Å². The Balaban J connectivity index is 1.25. The summed E-state index contributed by atoms with van der Waals surface area (Å²) in [5.41, 5.74) is 3.82. The number of ketones is 1. The number of nitrogens with zero attached hydrogens (tertiary/aromatic N) is 4. The number of likely N-dealkylation sites (tertiary alicyclic amines) is 1. The average molecular weight is 845 g/mol. The molecule has 330 valence electrons. The third-order valence-corrected chi connectivity index (χ3v) is 12.4. The number of primary amides is 1. The quantitative estimate of drug-likeness (QED) is 0.0922. The first-order valence-electron chi connectivity index (χ1n) is 21.5. The van der Waals surface area contributed by atoms with Crippen molar-refractivity contribution in [2.45, 2.75) is 120 Å². The molecule has 17 nitrogen and oxygen atoms in total. The van der Waals surface area contributed by atoms with E-state index in [0.717, 1.165) is 49.3 Å². The summed E-state index contributed by atoms with van der Waals surface area (Å²) in [4.78, 5) is 83.4. The van der Waals surface area contributed by atoms with Gasteiger partial charge >= 0.3 is 0 Å². The Morgan fingerprint density at radius 1 is 0.918 bits per heavy atom. The Morgan fingerprint density at radius 3 is 2.21 bits per heavy atom. The van der Waals surface area contributed by atoms with Crippen molar-refractivity contribution in [3.05, 3.63) is 59.4 Å². The molecule has 2 saturated carbocycles. The van der Waals surface area contributed by atoms with E-state index in [1.165, 1.54) is 15.8 Å². The monoisotopic (exact) mass is 844 g/mol. The number of Topliss-reactive ketones (excluding diaryl/α,β-unsaturated/α-hetero) is 1. The minimum atomic E-state index is -1.49. The molecule has 17 heteroatoms. The maximum absolute atomic E-state index is 15.0. The van der Waals surface area contributed by atoms with Gasteiger partial charge in [-0.15, -0.1) is 5.10 Å². The van der Waals surface area contributed by atoms with Crippen LogP contribution in [0.5, 0.6) is 0 Å². The SMILES string of the molecule is COCCOCCNC(=O)c1ccc2cc(C(=O)N[C@H](CC3CCCCC3)C(=O)N3C[C@@H](n4nncc4C(C)(C)O)C[C@H]3C(=O)NC3(C(=O)C(N)=O)CCCCC3)ccc2c1. The third kappa shape index (κ3) is 11.0. The maximum Gasteiger partial charge on any atom is 0.287 e. The highest BCUT2D eigenvalue weighted by molar-refractivity contribution is 6.39. The normalized spacial score (nSPS) is 19.9. The van der Waals surface area contributed by atoms with Crippen LogP contribution in [0.4, 0.5) is 0 Å². The van der Waals surface area contributed by atoms with Crippen LogP contribution in [0.25, 0.3) is 10.8 Å². The van der Waals surface area contributed by atoms with E-state index in [9.17, 15) is 29.1 Å². The Labute approximate surface area is 355 Å². The maximum atomic E-state index is 15.0. The van der Waals surface area contributed by atoms with Gasteiger partial charge in [0.15, 0.2) is 0 Å². The number of fused-ring (bicyclic) bond motifs is 1. The van der Waals surface area contributed by atoms with Crippen molar-refractivity contribution in [3.63, 3.8) is 0 Å². The molecule has 2 aromatic carbocycles. The molecule has 0 bridgehead atoms. The fourth-order valence-electron chi connectivity index (χ4n) is 9.08. The number of benzene rings is 2. The third-order valence-electron chi connectivity index (χ3n) is 12.4. The number of nitrogens with one attached hydrogen (secondary N) is 3. The van der Waals surface area contributed by atoms with E-state index in [0.29, 0.717) is 62.4 Å². The number of carbonyl (C=O) groups is 6. The van der Waals surface area contributed by atoms with Gasteiger partial charge in [-0.1, -0.05) is 68.7 Å². The average Bonchev–Trinajstić information content (AvgIpc) is 3.93. The molecule has 2 heterocycles. The highest BCUT2D eigenvalue weighted by Crippen LogP contribution is 2.35. The first-order valence-corrected chi connectivity index (χ1v) is 21.5. The van der Waals surface area contributed by atoms with E-state index < -0.39 is 58.7 Å². The Morgan fingerprint density at radius 2 is 1.57 bits per heavy atom. The minimum absolute atomic E-state index is 0.00386. The smallest absolute Gasteiger partial charge is 0.287 e. The van der Waals surface area contributed by atoms with Gasteiger partial charge in [-0.25, -0.2) is 4.68 Å². The zero-order valence-electron chi connectivity index (χ0n) is 35.5. The number of hydrogen-bond donors (Lipinski definition) is 5. The fraction of sp³-hybridized carbons (Fsp3) is 0.591. The molecule has 6 rings (SSSR count). The predicted octanol–water partition coefficient (Wildman–Crippen LogP) is 2.84. The van der Waals surface area contributed by atoms with E-state index in [-0.39, 0.29) is 37.6 Å². The van der Waals surface area contributed by atoms with E-state index >= 15 is 4.79 Å². The summed E-state index contributed by atoms with van der Waals surface area (Å²) in [5, 5.41) is 29.5. The molecule has 3 aromatic rings. The molecule has 1 aromatic heterocycles. The number of ether oxygens (including phenoxy) is 2. The summed E-state index contributed by atoms with van der Waals surface area (Å²) in [6.45, 7) is 4.77. The van der Waals surface area contributed by atoms with E-state index in [1.54, 1.807) is 57.4 Å². The Kier molecular flexibility index (Phi) is 14.9. The molecule has 5 amide bonds. The number of hydrogen-bond acceptors (Lipinski definition) is 11. The lowest BCUT2D eigenvalue weighted by molar-refractivity contribution is -0.145. The zero-order chi connectivity index (χ0) is 43.7. The molecule has 3 fully saturated rings. The summed E-state index contributed by atoms with van der Waals surface area (Å²) in [5.74, 6) is -3.66. The second-order valence-electron chi connectivity index (χ2n) is 17.2. The minimum Gasteiger partial charge on any atom is -0.384 e. The number of aromatic nitrogens is 3. The van der Waals surface area contributed by atoms with Gasteiger partial charge in [0.25, 0.3) is 17.7 Å². The van der Waals surface area contributed by atoms with Gasteiger partial charge in [0.2, 0.25) is 17.6 Å². The number of aliphatic hydroxyl groups is 1. The lowest BCUT2D eigenvalue weighted by Gasteiger charge is -2.38. The Bertz CT molecular complexity index is 2070. The highest BCUT2D eigenvalue weighted by atomic mass is 16.5. The zero-order valence-corrected chi connectivity index (χ0v) is 35.5. The highest BCUT2D eigenvalue weighted by Gasteiger charge is 2.49. The van der Waals surface area contributed by atoms with Crippen LogP contribution in [0, 0.1) is 5.92 Å². The summed E-state index contributed by atoms with van der Waals surface area (Å²) in [6.07, 6.45) is 9.27. The van der Waals surface area contributed by atoms with Crippen molar-refractivity contribution in [1.82, 2.24) is 35.8 Å². The van der Waals surface area contributed by atoms with Crippen LogP contribution in [-0.4, -0.2) is 118 Å². The molecule has 0 radical (unpaired) electrons. The predicted molar refractivity (Wildman–Crippen MR) is 224 cm³/mol. The van der Waals surface area contributed by atoms with Gasteiger partial charge in [-0.05, 0) is 74.1 Å². The number of methoxy groups -OCH3 is 1. The second kappa shape index (κ2) is 20.1. The Hall–Kier alpha value is -5.26. The number of rotatable bonds is 18. The molecule has 0 spiro atoms. The molecule has 61 heavy (non-hydrogen) atoms. The lowest BCUT2D eigenvalue weighted by Crippen LogP contribution is -2.62. The van der Waals surface area contributed by atoms with Crippen molar-refractivity contribution in [2.24, 2.45) is 11.7 Å². The van der Waals surface area contributed by atoms with Crippen LogP contribution in [0.3, 0.4) is 0 Å². The number of carbonyl (C=O) groups excluding carboxylic acids is 6. The summed E-state index contributed by atoms with van der Waals surface area (Å²) >= 11 is 0. The van der Waals surface area contributed by atoms with Crippen LogP contribution >= 0.6 is 0 Å². The van der Waals surface area contributed by atoms with Crippen LogP contribution in [0.1, 0.15) is 123 Å². The van der Waals surface area contributed by atoms with E-state index in [1.807, 2.05) is 0 Å². The lowest BCUT2D eigenvalue weighted by atomic mass is 9.78. The number of amides is 5. The second-order valence-corrected chi connectivity index (χ2v) is 17.2. The molecule has 1 saturated heterocycles.